The van der Waals surface area contributed by atoms with E-state index in [-0.39, 0.29) is 5.92 Å². The van der Waals surface area contributed by atoms with Gasteiger partial charge in [0, 0.05) is 23.0 Å². The molecule has 0 radical (unpaired) electrons. The van der Waals surface area contributed by atoms with Crippen LogP contribution in [0.2, 0.25) is 0 Å². The van der Waals surface area contributed by atoms with Gasteiger partial charge in [-0.15, -0.1) is 0 Å². The van der Waals surface area contributed by atoms with E-state index in [2.05, 4.69) is 248 Å². The molecule has 308 valence electrons. The van der Waals surface area contributed by atoms with Gasteiger partial charge in [0.15, 0.2) is 0 Å². The van der Waals surface area contributed by atoms with Crippen molar-refractivity contribution in [2.24, 2.45) is 0 Å². The molecule has 0 fully saturated rings. The average molecular weight is 822 g/mol. The third-order valence-electron chi connectivity index (χ3n) is 12.8. The molecule has 2 aliphatic rings. The highest BCUT2D eigenvalue weighted by atomic mass is 15.1. The zero-order chi connectivity index (χ0) is 43.2. The molecule has 8 aromatic rings. The first-order chi connectivity index (χ1) is 31.6. The molecule has 0 N–H and O–H groups in total. The number of rotatable bonds is 11. The molecular formula is C63H51N. The van der Waals surface area contributed by atoms with Gasteiger partial charge in [-0.25, -0.2) is 0 Å². The van der Waals surface area contributed by atoms with Gasteiger partial charge in [0.2, 0.25) is 0 Å². The normalized spacial score (nSPS) is 14.6. The van der Waals surface area contributed by atoms with E-state index in [1.54, 1.807) is 0 Å². The molecule has 8 aromatic carbocycles. The van der Waals surface area contributed by atoms with Crippen LogP contribution in [0.25, 0.3) is 50.1 Å². The summed E-state index contributed by atoms with van der Waals surface area (Å²) in [6.07, 6.45) is 14.7. The SMILES string of the molecule is C=C(C1=C(c2cc(-c3ccccc3)ccc2C)C=CC(c2cccc(-c3ccc(N(c4ccc(C5=CCCC=C5)cc4)c4ccc(-c5ccccc5)cc4)cc3)c2)C1)c1ccccc1. The number of hydrogen-bond acceptors (Lipinski definition) is 1. The average Bonchev–Trinajstić information content (AvgIpc) is 3.38. The topological polar surface area (TPSA) is 3.24 Å². The fourth-order valence-electron chi connectivity index (χ4n) is 9.28. The van der Waals surface area contributed by atoms with Crippen molar-refractivity contribution in [1.82, 2.24) is 0 Å². The van der Waals surface area contributed by atoms with Gasteiger partial charge in [0.1, 0.15) is 0 Å². The second-order valence-electron chi connectivity index (χ2n) is 16.9. The van der Waals surface area contributed by atoms with Gasteiger partial charge in [-0.3, -0.25) is 0 Å². The van der Waals surface area contributed by atoms with Crippen LogP contribution >= 0.6 is 0 Å². The van der Waals surface area contributed by atoms with Crippen LogP contribution in [-0.2, 0) is 0 Å². The largest absolute Gasteiger partial charge is 0.311 e. The van der Waals surface area contributed by atoms with Gasteiger partial charge in [-0.1, -0.05) is 201 Å². The van der Waals surface area contributed by atoms with Gasteiger partial charge >= 0.3 is 0 Å². The van der Waals surface area contributed by atoms with Crippen molar-refractivity contribution in [2.75, 3.05) is 4.90 Å². The van der Waals surface area contributed by atoms with Crippen LogP contribution in [0, 0.1) is 6.92 Å². The number of anilines is 3. The zero-order valence-corrected chi connectivity index (χ0v) is 36.4. The fourth-order valence-corrected chi connectivity index (χ4v) is 9.28. The predicted molar refractivity (Wildman–Crippen MR) is 274 cm³/mol. The van der Waals surface area contributed by atoms with Crippen molar-refractivity contribution >= 4 is 33.8 Å². The quantitative estimate of drug-likeness (QED) is 0.126. The number of nitrogens with zero attached hydrogens (tertiary/aromatic N) is 1. The lowest BCUT2D eigenvalue weighted by Crippen LogP contribution is -2.10. The second kappa shape index (κ2) is 18.3. The molecular weight excluding hydrogens is 771 g/mol. The molecule has 0 spiro atoms. The van der Waals surface area contributed by atoms with Crippen molar-refractivity contribution in [2.45, 2.75) is 32.1 Å². The Bertz CT molecular complexity index is 3040. The first-order valence-corrected chi connectivity index (χ1v) is 22.5. The Morgan fingerprint density at radius 1 is 0.484 bits per heavy atom. The molecule has 0 saturated carbocycles. The summed E-state index contributed by atoms with van der Waals surface area (Å²) in [6.45, 7) is 6.96. The molecule has 1 atom stereocenters. The van der Waals surface area contributed by atoms with Gasteiger partial charge < -0.3 is 4.90 Å². The minimum absolute atomic E-state index is 0.202. The Kier molecular flexibility index (Phi) is 11.5. The maximum atomic E-state index is 4.74. The Labute approximate surface area is 379 Å². The second-order valence-corrected chi connectivity index (χ2v) is 16.9. The molecule has 0 bridgehead atoms. The highest BCUT2D eigenvalue weighted by Crippen LogP contribution is 2.44. The molecule has 0 heterocycles. The minimum atomic E-state index is 0.202. The molecule has 1 unspecified atom stereocenters. The van der Waals surface area contributed by atoms with Crippen molar-refractivity contribution in [3.8, 4) is 33.4 Å². The van der Waals surface area contributed by atoms with Crippen LogP contribution < -0.4 is 4.90 Å². The van der Waals surface area contributed by atoms with Gasteiger partial charge in [0.25, 0.3) is 0 Å². The molecule has 0 aliphatic heterocycles. The molecule has 1 heteroatoms. The summed E-state index contributed by atoms with van der Waals surface area (Å²) in [5.74, 6) is 0.202. The Hall–Kier alpha value is -7.74. The molecule has 1 nitrogen and oxygen atoms in total. The standard InChI is InChI=1S/C63H51N/c1-45-26-27-56(50-22-13-6-14-23-50)43-62(45)61-41-34-57(44-63(61)46(2)47-16-7-3-8-17-47)55-25-15-24-54(42-55)53-32-39-60(40-33-53)64(58-35-28-51(29-36-58)48-18-9-4-10-19-48)59-37-30-52(31-38-59)49-20-11-5-12-21-49/h3-4,6-11,13-43,57H,2,5,12,44H2,1H3. The summed E-state index contributed by atoms with van der Waals surface area (Å²) >= 11 is 0. The molecule has 2 aliphatic carbocycles. The summed E-state index contributed by atoms with van der Waals surface area (Å²) in [5.41, 5.74) is 21.8. The molecule has 0 saturated heterocycles. The van der Waals surface area contributed by atoms with Crippen molar-refractivity contribution in [3.63, 3.8) is 0 Å². The molecule has 64 heavy (non-hydrogen) atoms. The van der Waals surface area contributed by atoms with Gasteiger partial charge in [0.05, 0.1) is 0 Å². The summed E-state index contributed by atoms with van der Waals surface area (Å²) in [6, 6.07) is 74.9. The van der Waals surface area contributed by atoms with E-state index >= 15 is 0 Å². The maximum absolute atomic E-state index is 4.74. The summed E-state index contributed by atoms with van der Waals surface area (Å²) < 4.78 is 0. The Morgan fingerprint density at radius 3 is 1.61 bits per heavy atom. The number of benzene rings is 8. The lowest BCUT2D eigenvalue weighted by molar-refractivity contribution is 0.835. The van der Waals surface area contributed by atoms with Crippen molar-refractivity contribution in [3.05, 3.63) is 277 Å². The third-order valence-corrected chi connectivity index (χ3v) is 12.8. The van der Waals surface area contributed by atoms with Crippen LogP contribution in [0.3, 0.4) is 0 Å². The van der Waals surface area contributed by atoms with Gasteiger partial charge in [-0.2, -0.15) is 0 Å². The summed E-state index contributed by atoms with van der Waals surface area (Å²) in [4.78, 5) is 2.36. The lowest BCUT2D eigenvalue weighted by atomic mass is 9.78. The Morgan fingerprint density at radius 2 is 1.00 bits per heavy atom. The van der Waals surface area contributed by atoms with Crippen LogP contribution in [0.15, 0.2) is 249 Å². The van der Waals surface area contributed by atoms with Crippen molar-refractivity contribution in [1.29, 1.82) is 0 Å². The smallest absolute Gasteiger partial charge is 0.0462 e. The zero-order valence-electron chi connectivity index (χ0n) is 36.4. The Balaban J connectivity index is 0.960. The van der Waals surface area contributed by atoms with E-state index in [9.17, 15) is 0 Å². The molecule has 10 rings (SSSR count). The lowest BCUT2D eigenvalue weighted by Gasteiger charge is -2.27. The van der Waals surface area contributed by atoms with Crippen LogP contribution in [0.5, 0.6) is 0 Å². The van der Waals surface area contributed by atoms with E-state index in [1.165, 1.54) is 72.4 Å². The van der Waals surface area contributed by atoms with Crippen molar-refractivity contribution < 1.29 is 0 Å². The monoisotopic (exact) mass is 821 g/mol. The first-order valence-electron chi connectivity index (χ1n) is 22.5. The fraction of sp³-hybridized carbons (Fsp3) is 0.0794. The number of hydrogen-bond donors (Lipinski definition) is 0. The van der Waals surface area contributed by atoms with E-state index in [4.69, 9.17) is 6.58 Å². The van der Waals surface area contributed by atoms with E-state index < -0.39 is 0 Å². The van der Waals surface area contributed by atoms with E-state index in [1.807, 2.05) is 0 Å². The third kappa shape index (κ3) is 8.54. The summed E-state index contributed by atoms with van der Waals surface area (Å²) in [5, 5.41) is 0. The molecule has 0 amide bonds. The first kappa shape index (κ1) is 40.3. The van der Waals surface area contributed by atoms with Crippen LogP contribution in [0.1, 0.15) is 53.0 Å². The summed E-state index contributed by atoms with van der Waals surface area (Å²) in [7, 11) is 0. The van der Waals surface area contributed by atoms with Crippen LogP contribution in [0.4, 0.5) is 17.1 Å². The highest BCUT2D eigenvalue weighted by molar-refractivity contribution is 5.94. The van der Waals surface area contributed by atoms with E-state index in [0.717, 1.165) is 47.5 Å². The maximum Gasteiger partial charge on any atom is 0.0462 e. The minimum Gasteiger partial charge on any atom is -0.311 e. The number of aryl methyl sites for hydroxylation is 1. The number of allylic oxidation sites excluding steroid dienone is 9. The molecule has 0 aromatic heterocycles. The van der Waals surface area contributed by atoms with Crippen LogP contribution in [-0.4, -0.2) is 0 Å². The highest BCUT2D eigenvalue weighted by Gasteiger charge is 2.23. The predicted octanol–water partition coefficient (Wildman–Crippen LogP) is 17.4. The van der Waals surface area contributed by atoms with Gasteiger partial charge in [-0.05, 0) is 152 Å². The van der Waals surface area contributed by atoms with E-state index in [0.29, 0.717) is 0 Å².